The maximum absolute atomic E-state index is 12.4. The van der Waals surface area contributed by atoms with Crippen molar-refractivity contribution < 1.29 is 19.4 Å². The average Bonchev–Trinajstić information content (AvgIpc) is 3.09. The zero-order chi connectivity index (χ0) is 17.5. The molecular formula is C18H22N2O4. The van der Waals surface area contributed by atoms with Gasteiger partial charge in [0.25, 0.3) is 0 Å². The number of fused-ring (bicyclic) bond motifs is 1. The standard InChI is InChI=1S/C18H22N2O4/c1-18(2,3)24-17(23)20-9-8-12(15(20)16(21)22)13-10-19-14-7-5-4-6-11(13)14/h4-7,10,12,15,19H,8-9H2,1-3H3,(H,21,22)/t12-,15-/m0/s1. The van der Waals surface area contributed by atoms with Gasteiger partial charge in [0.05, 0.1) is 0 Å². The third kappa shape index (κ3) is 2.96. The molecule has 2 atom stereocenters. The molecule has 6 nitrogen and oxygen atoms in total. The van der Waals surface area contributed by atoms with E-state index in [2.05, 4.69) is 4.98 Å². The number of nitrogens with one attached hydrogen (secondary N) is 1. The Bertz CT molecular complexity index is 775. The minimum atomic E-state index is -1.01. The van der Waals surface area contributed by atoms with Crippen LogP contribution in [-0.4, -0.2) is 45.2 Å². The summed E-state index contributed by atoms with van der Waals surface area (Å²) >= 11 is 0. The van der Waals surface area contributed by atoms with Gasteiger partial charge in [-0.3, -0.25) is 4.90 Å². The Hall–Kier alpha value is -2.50. The number of carboxylic acid groups (broad SMARTS) is 1. The topological polar surface area (TPSA) is 82.6 Å². The van der Waals surface area contributed by atoms with Gasteiger partial charge in [-0.1, -0.05) is 18.2 Å². The number of hydrogen-bond donors (Lipinski definition) is 2. The van der Waals surface area contributed by atoms with E-state index in [0.717, 1.165) is 16.5 Å². The number of nitrogens with zero attached hydrogens (tertiary/aromatic N) is 1. The Morgan fingerprint density at radius 2 is 2.00 bits per heavy atom. The maximum atomic E-state index is 12.4. The molecule has 1 fully saturated rings. The van der Waals surface area contributed by atoms with Gasteiger partial charge in [-0.05, 0) is 38.8 Å². The highest BCUT2D eigenvalue weighted by atomic mass is 16.6. The molecule has 0 saturated carbocycles. The van der Waals surface area contributed by atoms with Crippen LogP contribution in [0.25, 0.3) is 10.9 Å². The van der Waals surface area contributed by atoms with E-state index >= 15 is 0 Å². The summed E-state index contributed by atoms with van der Waals surface area (Å²) in [5.74, 6) is -1.26. The molecule has 0 spiro atoms. The van der Waals surface area contributed by atoms with Crippen LogP contribution in [0.2, 0.25) is 0 Å². The number of aromatic nitrogens is 1. The molecule has 0 aliphatic carbocycles. The fourth-order valence-electron chi connectivity index (χ4n) is 3.35. The van der Waals surface area contributed by atoms with Gasteiger partial charge in [0.2, 0.25) is 0 Å². The molecule has 1 aromatic heterocycles. The van der Waals surface area contributed by atoms with Gasteiger partial charge in [-0.15, -0.1) is 0 Å². The van der Waals surface area contributed by atoms with E-state index in [4.69, 9.17) is 4.74 Å². The number of hydrogen-bond acceptors (Lipinski definition) is 3. The second-order valence-electron chi connectivity index (χ2n) is 7.14. The Balaban J connectivity index is 1.92. The van der Waals surface area contributed by atoms with Crippen LogP contribution in [-0.2, 0) is 9.53 Å². The number of benzene rings is 1. The molecule has 2 heterocycles. The van der Waals surface area contributed by atoms with Crippen molar-refractivity contribution in [1.29, 1.82) is 0 Å². The normalized spacial score (nSPS) is 21.2. The third-order valence-corrected chi connectivity index (χ3v) is 4.30. The fraction of sp³-hybridized carbons (Fsp3) is 0.444. The van der Waals surface area contributed by atoms with Crippen molar-refractivity contribution in [3.8, 4) is 0 Å². The summed E-state index contributed by atoms with van der Waals surface area (Å²) in [6, 6.07) is 6.86. The van der Waals surface area contributed by atoms with E-state index in [1.165, 1.54) is 4.90 Å². The summed E-state index contributed by atoms with van der Waals surface area (Å²) in [7, 11) is 0. The summed E-state index contributed by atoms with van der Waals surface area (Å²) in [5.41, 5.74) is 1.25. The molecule has 128 valence electrons. The van der Waals surface area contributed by atoms with Crippen molar-refractivity contribution >= 4 is 23.0 Å². The average molecular weight is 330 g/mol. The molecule has 3 rings (SSSR count). The lowest BCUT2D eigenvalue weighted by Gasteiger charge is -2.28. The molecule has 0 radical (unpaired) electrons. The van der Waals surface area contributed by atoms with Gasteiger partial charge < -0.3 is 14.8 Å². The van der Waals surface area contributed by atoms with E-state index in [1.807, 2.05) is 30.5 Å². The number of rotatable bonds is 2. The van der Waals surface area contributed by atoms with Crippen LogP contribution in [0.15, 0.2) is 30.5 Å². The number of ether oxygens (including phenoxy) is 1. The van der Waals surface area contributed by atoms with Crippen LogP contribution in [0.5, 0.6) is 0 Å². The Labute approximate surface area is 140 Å². The first-order valence-corrected chi connectivity index (χ1v) is 8.06. The van der Waals surface area contributed by atoms with E-state index in [-0.39, 0.29) is 5.92 Å². The number of aliphatic carboxylic acids is 1. The molecule has 1 aliphatic heterocycles. The molecule has 2 N–H and O–H groups in total. The van der Waals surface area contributed by atoms with E-state index < -0.39 is 23.7 Å². The second kappa shape index (κ2) is 5.85. The number of carbonyl (C=O) groups is 2. The minimum Gasteiger partial charge on any atom is -0.480 e. The number of H-pyrrole nitrogens is 1. The molecular weight excluding hydrogens is 308 g/mol. The van der Waals surface area contributed by atoms with Crippen molar-refractivity contribution in [3.05, 3.63) is 36.0 Å². The number of para-hydroxylation sites is 1. The first kappa shape index (κ1) is 16.4. The highest BCUT2D eigenvalue weighted by Gasteiger charge is 2.44. The quantitative estimate of drug-likeness (QED) is 0.884. The highest BCUT2D eigenvalue weighted by molar-refractivity contribution is 5.87. The van der Waals surface area contributed by atoms with Crippen LogP contribution >= 0.6 is 0 Å². The summed E-state index contributed by atoms with van der Waals surface area (Å²) in [6.07, 6.45) is 1.87. The number of carbonyl (C=O) groups excluding carboxylic acids is 1. The molecule has 24 heavy (non-hydrogen) atoms. The highest BCUT2D eigenvalue weighted by Crippen LogP contribution is 2.38. The lowest BCUT2D eigenvalue weighted by atomic mass is 9.91. The fourth-order valence-corrected chi connectivity index (χ4v) is 3.35. The number of aromatic amines is 1. The number of likely N-dealkylation sites (tertiary alicyclic amines) is 1. The lowest BCUT2D eigenvalue weighted by molar-refractivity contribution is -0.142. The summed E-state index contributed by atoms with van der Waals surface area (Å²) < 4.78 is 5.37. The van der Waals surface area contributed by atoms with Gasteiger partial charge in [0.1, 0.15) is 11.6 Å². The minimum absolute atomic E-state index is 0.258. The van der Waals surface area contributed by atoms with Crippen molar-refractivity contribution in [1.82, 2.24) is 9.88 Å². The summed E-state index contributed by atoms with van der Waals surface area (Å²) in [4.78, 5) is 28.8. The predicted octanol–water partition coefficient (Wildman–Crippen LogP) is 3.35. The van der Waals surface area contributed by atoms with Crippen LogP contribution in [0.4, 0.5) is 4.79 Å². The predicted molar refractivity (Wildman–Crippen MR) is 90.0 cm³/mol. The van der Waals surface area contributed by atoms with E-state index in [9.17, 15) is 14.7 Å². The van der Waals surface area contributed by atoms with Crippen LogP contribution < -0.4 is 0 Å². The maximum Gasteiger partial charge on any atom is 0.411 e. The monoisotopic (exact) mass is 330 g/mol. The lowest BCUT2D eigenvalue weighted by Crippen LogP contribution is -2.45. The van der Waals surface area contributed by atoms with Gasteiger partial charge in [0.15, 0.2) is 0 Å². The van der Waals surface area contributed by atoms with Crippen molar-refractivity contribution in [2.75, 3.05) is 6.54 Å². The summed E-state index contributed by atoms with van der Waals surface area (Å²) in [5, 5.41) is 10.7. The van der Waals surface area contributed by atoms with Crippen molar-refractivity contribution in [2.24, 2.45) is 0 Å². The zero-order valence-electron chi connectivity index (χ0n) is 14.1. The Morgan fingerprint density at radius 3 is 2.67 bits per heavy atom. The molecule has 1 aliphatic rings. The smallest absolute Gasteiger partial charge is 0.411 e. The van der Waals surface area contributed by atoms with Gasteiger partial charge >= 0.3 is 12.1 Å². The Kier molecular flexibility index (Phi) is 3.99. The molecule has 0 bridgehead atoms. The van der Waals surface area contributed by atoms with Gasteiger partial charge in [0, 0.05) is 29.6 Å². The van der Waals surface area contributed by atoms with Crippen LogP contribution in [0.1, 0.15) is 38.7 Å². The van der Waals surface area contributed by atoms with Crippen LogP contribution in [0.3, 0.4) is 0 Å². The van der Waals surface area contributed by atoms with Crippen LogP contribution in [0, 0.1) is 0 Å². The van der Waals surface area contributed by atoms with Crippen molar-refractivity contribution in [3.63, 3.8) is 0 Å². The molecule has 1 saturated heterocycles. The third-order valence-electron chi connectivity index (χ3n) is 4.30. The largest absolute Gasteiger partial charge is 0.480 e. The van der Waals surface area contributed by atoms with E-state index in [0.29, 0.717) is 13.0 Å². The number of amides is 1. The summed E-state index contributed by atoms with van der Waals surface area (Å²) in [6.45, 7) is 5.69. The first-order valence-electron chi connectivity index (χ1n) is 8.06. The molecule has 0 unspecified atom stereocenters. The second-order valence-corrected chi connectivity index (χ2v) is 7.14. The van der Waals surface area contributed by atoms with Crippen molar-refractivity contribution in [2.45, 2.75) is 44.8 Å². The first-order chi connectivity index (χ1) is 11.3. The zero-order valence-corrected chi connectivity index (χ0v) is 14.1. The van der Waals surface area contributed by atoms with Gasteiger partial charge in [-0.2, -0.15) is 0 Å². The molecule has 2 aromatic rings. The number of carboxylic acids is 1. The SMILES string of the molecule is CC(C)(C)OC(=O)N1CC[C@@H](c2c[nH]c3ccccc23)[C@H]1C(=O)O. The van der Waals surface area contributed by atoms with E-state index in [1.54, 1.807) is 20.8 Å². The molecule has 1 amide bonds. The molecule has 6 heteroatoms. The van der Waals surface area contributed by atoms with Gasteiger partial charge in [-0.25, -0.2) is 9.59 Å². The molecule has 1 aromatic carbocycles. The Morgan fingerprint density at radius 1 is 1.29 bits per heavy atom.